The Balaban J connectivity index is 1.59. The Kier molecular flexibility index (Phi) is 8.18. The second kappa shape index (κ2) is 11.6. The molecular weight excluding hydrogens is 613 g/mol. The summed E-state index contributed by atoms with van der Waals surface area (Å²) in [6.07, 6.45) is -3.79. The van der Waals surface area contributed by atoms with E-state index in [4.69, 9.17) is 21.4 Å². The summed E-state index contributed by atoms with van der Waals surface area (Å²) >= 11 is 6.25. The van der Waals surface area contributed by atoms with E-state index in [1.54, 1.807) is 24.3 Å². The SMILES string of the molecule is COc1cc(Cl)cc(-c2cnc3c(c2)N(S(=O)(=O)c2cccc(C(F)(F)F)c2)C[C@@H]2CN(C(=O)CCC(=O)O)CCN32)c1. The molecule has 2 aliphatic rings. The van der Waals surface area contributed by atoms with E-state index in [-0.39, 0.29) is 50.5 Å². The molecule has 2 aliphatic heterocycles. The van der Waals surface area contributed by atoms with E-state index < -0.39 is 44.6 Å². The van der Waals surface area contributed by atoms with E-state index in [1.165, 1.54) is 18.2 Å². The van der Waals surface area contributed by atoms with E-state index in [2.05, 4.69) is 4.98 Å². The topological polar surface area (TPSA) is 120 Å². The molecule has 1 N–H and O–H groups in total. The number of carboxylic acid groups (broad SMARTS) is 1. The number of anilines is 2. The predicted octanol–water partition coefficient (Wildman–Crippen LogP) is 4.52. The highest BCUT2D eigenvalue weighted by Gasteiger charge is 2.42. The zero-order valence-corrected chi connectivity index (χ0v) is 24.3. The molecule has 1 amide bonds. The van der Waals surface area contributed by atoms with Crippen molar-refractivity contribution in [3.8, 4) is 16.9 Å². The van der Waals surface area contributed by atoms with Crippen molar-refractivity contribution in [2.24, 2.45) is 0 Å². The fourth-order valence-corrected chi connectivity index (χ4v) is 6.99. The minimum atomic E-state index is -4.76. The molecule has 228 valence electrons. The van der Waals surface area contributed by atoms with Crippen molar-refractivity contribution >= 4 is 45.0 Å². The number of carbonyl (C=O) groups excluding carboxylic acids is 1. The van der Waals surface area contributed by atoms with Gasteiger partial charge in [0.05, 0.1) is 42.3 Å². The maximum absolute atomic E-state index is 14.0. The van der Waals surface area contributed by atoms with Gasteiger partial charge in [-0.2, -0.15) is 13.2 Å². The molecule has 15 heteroatoms. The van der Waals surface area contributed by atoms with Crippen molar-refractivity contribution in [2.45, 2.75) is 30.0 Å². The van der Waals surface area contributed by atoms with Crippen LogP contribution in [0.15, 0.2) is 59.6 Å². The van der Waals surface area contributed by atoms with Crippen molar-refractivity contribution in [2.75, 3.05) is 42.5 Å². The normalized spacial score (nSPS) is 16.9. The van der Waals surface area contributed by atoms with Gasteiger partial charge in [-0.3, -0.25) is 13.9 Å². The maximum atomic E-state index is 14.0. The minimum Gasteiger partial charge on any atom is -0.497 e. The molecular formula is C28H26ClF3N4O6S. The summed E-state index contributed by atoms with van der Waals surface area (Å²) in [5.74, 6) is -0.771. The van der Waals surface area contributed by atoms with Crippen LogP contribution in [0.2, 0.25) is 5.02 Å². The summed E-state index contributed by atoms with van der Waals surface area (Å²) in [4.78, 5) is 31.0. The molecule has 43 heavy (non-hydrogen) atoms. The van der Waals surface area contributed by atoms with Crippen molar-refractivity contribution in [1.82, 2.24) is 9.88 Å². The Morgan fingerprint density at radius 2 is 1.84 bits per heavy atom. The van der Waals surface area contributed by atoms with E-state index in [9.17, 15) is 31.2 Å². The van der Waals surface area contributed by atoms with Crippen molar-refractivity contribution < 1.29 is 41.0 Å². The zero-order valence-electron chi connectivity index (χ0n) is 22.7. The van der Waals surface area contributed by atoms with Crippen LogP contribution in [0.5, 0.6) is 5.75 Å². The molecule has 0 radical (unpaired) electrons. The smallest absolute Gasteiger partial charge is 0.416 e. The Bertz CT molecular complexity index is 1690. The number of carboxylic acids is 1. The van der Waals surface area contributed by atoms with Crippen LogP contribution >= 0.6 is 11.6 Å². The molecule has 0 bridgehead atoms. The Hall–Kier alpha value is -4.04. The highest BCUT2D eigenvalue weighted by Crippen LogP contribution is 2.42. The number of benzene rings is 2. The second-order valence-electron chi connectivity index (χ2n) is 10.1. The first kappa shape index (κ1) is 30.4. The third kappa shape index (κ3) is 6.20. The number of alkyl halides is 3. The number of piperazine rings is 1. The van der Waals surface area contributed by atoms with E-state index in [1.807, 2.05) is 4.90 Å². The van der Waals surface area contributed by atoms with Gasteiger partial charge in [-0.15, -0.1) is 0 Å². The third-order valence-corrected chi connectivity index (χ3v) is 9.34. The predicted molar refractivity (Wildman–Crippen MR) is 152 cm³/mol. The molecule has 0 saturated carbocycles. The highest BCUT2D eigenvalue weighted by molar-refractivity contribution is 7.92. The fourth-order valence-electron chi connectivity index (χ4n) is 5.22. The van der Waals surface area contributed by atoms with Crippen LogP contribution < -0.4 is 13.9 Å². The van der Waals surface area contributed by atoms with Gasteiger partial charge < -0.3 is 19.6 Å². The Labute approximate surface area is 250 Å². The molecule has 0 aliphatic carbocycles. The quantitative estimate of drug-likeness (QED) is 0.401. The summed E-state index contributed by atoms with van der Waals surface area (Å²) in [5.41, 5.74) is 0.103. The van der Waals surface area contributed by atoms with Crippen LogP contribution in [0.3, 0.4) is 0 Å². The van der Waals surface area contributed by atoms with Gasteiger partial charge in [0.1, 0.15) is 5.75 Å². The van der Waals surface area contributed by atoms with Gasteiger partial charge in [-0.25, -0.2) is 13.4 Å². The van der Waals surface area contributed by atoms with Gasteiger partial charge in [-0.05, 0) is 48.0 Å². The number of fused-ring (bicyclic) bond motifs is 3. The summed E-state index contributed by atoms with van der Waals surface area (Å²) in [6, 6.07) is 9.42. The van der Waals surface area contributed by atoms with Crippen LogP contribution in [-0.2, 0) is 25.8 Å². The Morgan fingerprint density at radius 3 is 2.53 bits per heavy atom. The maximum Gasteiger partial charge on any atom is 0.416 e. The molecule has 0 unspecified atom stereocenters. The first-order chi connectivity index (χ1) is 20.3. The molecule has 5 rings (SSSR count). The number of amides is 1. The van der Waals surface area contributed by atoms with Gasteiger partial charge in [0.15, 0.2) is 5.82 Å². The number of sulfonamides is 1. The third-order valence-electron chi connectivity index (χ3n) is 7.34. The molecule has 1 aromatic heterocycles. The summed E-state index contributed by atoms with van der Waals surface area (Å²) < 4.78 is 74.9. The van der Waals surface area contributed by atoms with E-state index in [0.717, 1.165) is 22.5 Å². The fraction of sp³-hybridized carbons (Fsp3) is 0.321. The summed E-state index contributed by atoms with van der Waals surface area (Å²) in [7, 11) is -3.08. The van der Waals surface area contributed by atoms with Crippen LogP contribution in [0.25, 0.3) is 11.1 Å². The van der Waals surface area contributed by atoms with Crippen LogP contribution in [0.4, 0.5) is 24.7 Å². The first-order valence-corrected chi connectivity index (χ1v) is 14.9. The molecule has 0 spiro atoms. The van der Waals surface area contributed by atoms with Crippen LogP contribution in [0, 0.1) is 0 Å². The number of hydrogen-bond donors (Lipinski definition) is 1. The first-order valence-electron chi connectivity index (χ1n) is 13.1. The lowest BCUT2D eigenvalue weighted by molar-refractivity contribution is -0.141. The summed E-state index contributed by atoms with van der Waals surface area (Å²) in [6.45, 7) is 0.411. The molecule has 2 aromatic carbocycles. The number of hydrogen-bond acceptors (Lipinski definition) is 7. The number of ether oxygens (including phenoxy) is 1. The lowest BCUT2D eigenvalue weighted by Gasteiger charge is -2.48. The van der Waals surface area contributed by atoms with E-state index >= 15 is 0 Å². The number of halogens is 4. The monoisotopic (exact) mass is 638 g/mol. The molecule has 1 saturated heterocycles. The minimum absolute atomic E-state index is 0.0709. The number of carbonyl (C=O) groups is 2. The second-order valence-corrected chi connectivity index (χ2v) is 12.4. The number of aliphatic carboxylic acids is 1. The number of methoxy groups -OCH3 is 1. The molecule has 1 fully saturated rings. The standard InChI is InChI=1S/C28H26ClF3N4O6S/c1-42-22-10-17(9-20(29)13-22)18-11-24-27(33-14-18)35-8-7-34(25(37)5-6-26(38)39)15-21(35)16-36(24)43(40,41)23-4-2-3-19(12-23)28(30,31)32/h2-4,9-14,21H,5-8,15-16H2,1H3,(H,38,39)/t21-/m0/s1. The Morgan fingerprint density at radius 1 is 1.07 bits per heavy atom. The van der Waals surface area contributed by atoms with Gasteiger partial charge in [0, 0.05) is 42.8 Å². The lowest BCUT2D eigenvalue weighted by atomic mass is 10.0. The molecule has 3 aromatic rings. The van der Waals surface area contributed by atoms with Crippen molar-refractivity contribution in [3.05, 3.63) is 65.3 Å². The highest BCUT2D eigenvalue weighted by atomic mass is 35.5. The van der Waals surface area contributed by atoms with Crippen molar-refractivity contribution in [3.63, 3.8) is 0 Å². The van der Waals surface area contributed by atoms with Crippen LogP contribution in [-0.4, -0.2) is 74.6 Å². The van der Waals surface area contributed by atoms with Crippen molar-refractivity contribution in [1.29, 1.82) is 0 Å². The van der Waals surface area contributed by atoms with Gasteiger partial charge in [-0.1, -0.05) is 17.7 Å². The zero-order chi connectivity index (χ0) is 31.1. The number of rotatable bonds is 7. The van der Waals surface area contributed by atoms with Gasteiger partial charge in [0.2, 0.25) is 5.91 Å². The number of pyridine rings is 1. The average molecular weight is 639 g/mol. The molecule has 1 atom stereocenters. The van der Waals surface area contributed by atoms with E-state index in [0.29, 0.717) is 28.0 Å². The number of aromatic nitrogens is 1. The van der Waals surface area contributed by atoms with Gasteiger partial charge >= 0.3 is 12.1 Å². The lowest BCUT2D eigenvalue weighted by Crippen LogP contribution is -2.61. The number of nitrogens with zero attached hydrogens (tertiary/aromatic N) is 4. The summed E-state index contributed by atoms with van der Waals surface area (Å²) in [5, 5.41) is 9.33. The average Bonchev–Trinajstić information content (AvgIpc) is 2.98. The largest absolute Gasteiger partial charge is 0.497 e. The molecule has 3 heterocycles. The van der Waals surface area contributed by atoms with Gasteiger partial charge in [0.25, 0.3) is 10.0 Å². The van der Waals surface area contributed by atoms with Crippen LogP contribution in [0.1, 0.15) is 18.4 Å². The molecule has 10 nitrogen and oxygen atoms in total.